The summed E-state index contributed by atoms with van der Waals surface area (Å²) < 4.78 is 0. The van der Waals surface area contributed by atoms with Gasteiger partial charge >= 0.3 is 0 Å². The molecule has 2 atom stereocenters. The lowest BCUT2D eigenvalue weighted by atomic mass is 9.84. The van der Waals surface area contributed by atoms with E-state index in [-0.39, 0.29) is 12.0 Å². The number of hydrogen-bond acceptors (Lipinski definition) is 4. The first-order valence-corrected chi connectivity index (χ1v) is 8.45. The number of hydrazone groups is 1. The third-order valence-electron chi connectivity index (χ3n) is 4.50. The fourth-order valence-electron chi connectivity index (χ4n) is 3.06. The molecule has 0 spiro atoms. The van der Waals surface area contributed by atoms with Crippen LogP contribution >= 0.6 is 0 Å². The molecule has 0 radical (unpaired) electrons. The molecule has 0 saturated carbocycles. The molecule has 0 aliphatic carbocycles. The van der Waals surface area contributed by atoms with Crippen LogP contribution in [0.1, 0.15) is 44.9 Å². The van der Waals surface area contributed by atoms with Crippen molar-refractivity contribution in [3.8, 4) is 6.07 Å². The van der Waals surface area contributed by atoms with Crippen LogP contribution in [0.5, 0.6) is 0 Å². The number of rotatable bonds is 3. The first-order valence-electron chi connectivity index (χ1n) is 8.45. The number of nitriles is 1. The monoisotopic (exact) mass is 320 g/mol. The summed E-state index contributed by atoms with van der Waals surface area (Å²) in [6.45, 7) is 8.76. The topological polar surface area (TPSA) is 52.3 Å². The largest absolute Gasteiger partial charge is 0.264 e. The molecular weight excluding hydrogens is 296 g/mol. The summed E-state index contributed by atoms with van der Waals surface area (Å²) >= 11 is 0. The third-order valence-corrected chi connectivity index (χ3v) is 4.50. The van der Waals surface area contributed by atoms with E-state index in [4.69, 9.17) is 0 Å². The lowest BCUT2D eigenvalue weighted by Crippen LogP contribution is -2.32. The molecule has 1 aromatic heterocycles. The molecule has 2 unspecified atom stereocenters. The van der Waals surface area contributed by atoms with Crippen LogP contribution < -0.4 is 0 Å². The van der Waals surface area contributed by atoms with Crippen LogP contribution in [-0.4, -0.2) is 22.2 Å². The molecule has 4 heteroatoms. The van der Waals surface area contributed by atoms with Crippen LogP contribution in [-0.2, 0) is 0 Å². The third kappa shape index (κ3) is 3.41. The van der Waals surface area contributed by atoms with Crippen LogP contribution in [0.4, 0.5) is 0 Å². The van der Waals surface area contributed by atoms with Gasteiger partial charge < -0.3 is 0 Å². The molecule has 124 valence electrons. The Morgan fingerprint density at radius 3 is 2.71 bits per heavy atom. The van der Waals surface area contributed by atoms with Gasteiger partial charge in [0.05, 0.1) is 12.1 Å². The summed E-state index contributed by atoms with van der Waals surface area (Å²) in [6.07, 6.45) is 10.1. The Kier molecular flexibility index (Phi) is 4.28. The Morgan fingerprint density at radius 2 is 2.08 bits per heavy atom. The highest BCUT2D eigenvalue weighted by molar-refractivity contribution is 5.81. The van der Waals surface area contributed by atoms with Gasteiger partial charge in [-0.1, -0.05) is 32.9 Å². The average molecular weight is 320 g/mol. The average Bonchev–Trinajstić information content (AvgIpc) is 2.95. The minimum absolute atomic E-state index is 0.0436. The van der Waals surface area contributed by atoms with Gasteiger partial charge in [0.2, 0.25) is 0 Å². The van der Waals surface area contributed by atoms with Gasteiger partial charge in [-0.3, -0.25) is 9.99 Å². The van der Waals surface area contributed by atoms with E-state index >= 15 is 0 Å². The number of allylic oxidation sites excluding steroid dienone is 2. The summed E-state index contributed by atoms with van der Waals surface area (Å²) in [7, 11) is 0. The molecule has 2 aliphatic rings. The van der Waals surface area contributed by atoms with Crippen molar-refractivity contribution < 1.29 is 0 Å². The van der Waals surface area contributed by atoms with Crippen LogP contribution in [0.2, 0.25) is 0 Å². The highest BCUT2D eigenvalue weighted by Gasteiger charge is 2.36. The summed E-state index contributed by atoms with van der Waals surface area (Å²) in [5.41, 5.74) is 4.75. The Bertz CT molecular complexity index is 741. The van der Waals surface area contributed by atoms with Gasteiger partial charge in [0, 0.05) is 24.3 Å². The number of hydrogen-bond donors (Lipinski definition) is 0. The van der Waals surface area contributed by atoms with Gasteiger partial charge in [0.1, 0.15) is 5.92 Å². The highest BCUT2D eigenvalue weighted by Crippen LogP contribution is 2.37. The second kappa shape index (κ2) is 6.24. The fourth-order valence-corrected chi connectivity index (χ4v) is 3.06. The van der Waals surface area contributed by atoms with Gasteiger partial charge in [-0.2, -0.15) is 10.4 Å². The first-order chi connectivity index (χ1) is 11.4. The molecule has 2 aliphatic heterocycles. The van der Waals surface area contributed by atoms with Crippen molar-refractivity contribution in [3.05, 3.63) is 47.4 Å². The van der Waals surface area contributed by atoms with E-state index in [2.05, 4.69) is 55.3 Å². The van der Waals surface area contributed by atoms with Crippen molar-refractivity contribution in [3.63, 3.8) is 0 Å². The molecule has 0 fully saturated rings. The molecule has 0 N–H and O–H groups in total. The predicted octanol–water partition coefficient (Wildman–Crippen LogP) is 4.31. The quantitative estimate of drug-likeness (QED) is 0.834. The number of nitrogens with zero attached hydrogens (tertiary/aromatic N) is 4. The normalized spacial score (nSPS) is 22.7. The van der Waals surface area contributed by atoms with E-state index in [0.717, 1.165) is 29.7 Å². The fraction of sp³-hybridized carbons (Fsp3) is 0.450. The van der Waals surface area contributed by atoms with E-state index in [1.165, 1.54) is 5.57 Å². The molecule has 0 aromatic carbocycles. The Morgan fingerprint density at radius 1 is 1.29 bits per heavy atom. The van der Waals surface area contributed by atoms with Crippen molar-refractivity contribution >= 4 is 11.8 Å². The summed E-state index contributed by atoms with van der Waals surface area (Å²) in [4.78, 5) is 4.43. The minimum Gasteiger partial charge on any atom is -0.264 e. The van der Waals surface area contributed by atoms with E-state index in [0.29, 0.717) is 5.41 Å². The van der Waals surface area contributed by atoms with E-state index < -0.39 is 0 Å². The van der Waals surface area contributed by atoms with Crippen molar-refractivity contribution in [1.82, 2.24) is 9.99 Å². The van der Waals surface area contributed by atoms with E-state index in [1.54, 1.807) is 6.21 Å². The van der Waals surface area contributed by atoms with Crippen molar-refractivity contribution in [2.45, 2.75) is 46.6 Å². The SMILES string of the molecule is Cc1ccc(C2=CC(CCC(C)(C)C)=CN3N=CC(C#N)C23)cn1. The van der Waals surface area contributed by atoms with Crippen molar-refractivity contribution in [1.29, 1.82) is 5.26 Å². The molecule has 4 nitrogen and oxygen atoms in total. The molecule has 0 amide bonds. The minimum atomic E-state index is -0.224. The van der Waals surface area contributed by atoms with Gasteiger partial charge in [-0.15, -0.1) is 0 Å². The second-order valence-electron chi connectivity index (χ2n) is 7.80. The Labute approximate surface area is 144 Å². The number of fused-ring (bicyclic) bond motifs is 1. The van der Waals surface area contributed by atoms with Crippen LogP contribution in [0, 0.1) is 29.6 Å². The maximum atomic E-state index is 9.46. The van der Waals surface area contributed by atoms with Crippen LogP contribution in [0.15, 0.2) is 41.3 Å². The predicted molar refractivity (Wildman–Crippen MR) is 96.9 cm³/mol. The van der Waals surface area contributed by atoms with Gasteiger partial charge in [-0.25, -0.2) is 0 Å². The number of aromatic nitrogens is 1. The zero-order valence-corrected chi connectivity index (χ0v) is 14.8. The van der Waals surface area contributed by atoms with Gasteiger partial charge in [-0.05, 0) is 48.0 Å². The van der Waals surface area contributed by atoms with Gasteiger partial charge in [0.25, 0.3) is 0 Å². The van der Waals surface area contributed by atoms with Crippen molar-refractivity contribution in [2.24, 2.45) is 16.4 Å². The van der Waals surface area contributed by atoms with Gasteiger partial charge in [0.15, 0.2) is 0 Å². The van der Waals surface area contributed by atoms with Crippen LogP contribution in [0.25, 0.3) is 5.57 Å². The zero-order valence-electron chi connectivity index (χ0n) is 14.8. The zero-order chi connectivity index (χ0) is 17.3. The molecule has 0 bridgehead atoms. The molecule has 0 saturated heterocycles. The number of pyridine rings is 1. The molecule has 24 heavy (non-hydrogen) atoms. The number of aryl methyl sites for hydroxylation is 1. The molecule has 3 heterocycles. The Balaban J connectivity index is 1.95. The first kappa shape index (κ1) is 16.4. The maximum Gasteiger partial charge on any atom is 0.110 e. The van der Waals surface area contributed by atoms with Crippen LogP contribution in [0.3, 0.4) is 0 Å². The second-order valence-corrected chi connectivity index (χ2v) is 7.80. The smallest absolute Gasteiger partial charge is 0.110 e. The maximum absolute atomic E-state index is 9.46. The molecular formula is C20H24N4. The van der Waals surface area contributed by atoms with E-state index in [9.17, 15) is 5.26 Å². The lowest BCUT2D eigenvalue weighted by Gasteiger charge is -2.30. The molecule has 3 rings (SSSR count). The van der Waals surface area contributed by atoms with E-state index in [1.807, 2.05) is 24.2 Å². The Hall–Kier alpha value is -2.41. The standard InChI is InChI=1S/C20H24N4/c1-14-5-6-16(11-22-14)18-9-15(7-8-20(2,3)4)13-24-19(18)17(10-21)12-23-24/h5-6,9,11-13,17,19H,7-8H2,1-4H3. The summed E-state index contributed by atoms with van der Waals surface area (Å²) in [5.74, 6) is -0.224. The molecule has 1 aromatic rings. The lowest BCUT2D eigenvalue weighted by molar-refractivity contribution is 0.344. The highest BCUT2D eigenvalue weighted by atomic mass is 15.5. The summed E-state index contributed by atoms with van der Waals surface area (Å²) in [5, 5.41) is 15.8. The van der Waals surface area contributed by atoms with Crippen molar-refractivity contribution in [2.75, 3.05) is 0 Å². The summed E-state index contributed by atoms with van der Waals surface area (Å²) in [6, 6.07) is 6.43.